The summed E-state index contributed by atoms with van der Waals surface area (Å²) in [5.74, 6) is -1.18. The highest BCUT2D eigenvalue weighted by Gasteiger charge is 2.42. The van der Waals surface area contributed by atoms with Crippen molar-refractivity contribution in [1.82, 2.24) is 0 Å². The van der Waals surface area contributed by atoms with Gasteiger partial charge in [0.25, 0.3) is 0 Å². The van der Waals surface area contributed by atoms with Gasteiger partial charge in [0.1, 0.15) is 5.25 Å². The Kier molecular flexibility index (Phi) is 5.76. The number of thioether (sulfide) groups is 1. The Hall–Kier alpha value is -1.04. The van der Waals surface area contributed by atoms with Gasteiger partial charge in [-0.05, 0) is 13.3 Å². The fourth-order valence-electron chi connectivity index (χ4n) is 2.42. The molecule has 128 valence electrons. The van der Waals surface area contributed by atoms with Crippen molar-refractivity contribution in [2.24, 2.45) is 5.41 Å². The summed E-state index contributed by atoms with van der Waals surface area (Å²) in [7, 11) is 0. The van der Waals surface area contributed by atoms with Crippen molar-refractivity contribution >= 4 is 17.7 Å². The Morgan fingerprint density at radius 2 is 1.83 bits per heavy atom. The minimum absolute atomic E-state index is 0.0319. The Bertz CT molecular complexity index is 528. The Morgan fingerprint density at radius 3 is 2.30 bits per heavy atom. The van der Waals surface area contributed by atoms with E-state index in [0.717, 1.165) is 5.56 Å². The molecule has 1 aromatic carbocycles. The molecule has 0 spiro atoms. The van der Waals surface area contributed by atoms with Gasteiger partial charge >= 0.3 is 5.97 Å². The number of carboxylic acid groups (broad SMARTS) is 1. The summed E-state index contributed by atoms with van der Waals surface area (Å²) in [4.78, 5) is 11.3. The maximum atomic E-state index is 11.3. The second-order valence-electron chi connectivity index (χ2n) is 6.91. The fraction of sp³-hybridized carbons (Fsp3) is 0.611. The van der Waals surface area contributed by atoms with Crippen molar-refractivity contribution in [3.63, 3.8) is 0 Å². The minimum Gasteiger partial charge on any atom is -0.480 e. The van der Waals surface area contributed by atoms with Crippen molar-refractivity contribution in [3.8, 4) is 0 Å². The number of carbonyl (C=O) groups is 1. The van der Waals surface area contributed by atoms with E-state index in [1.165, 1.54) is 17.3 Å². The van der Waals surface area contributed by atoms with E-state index in [2.05, 4.69) is 13.8 Å². The third kappa shape index (κ3) is 4.49. The van der Waals surface area contributed by atoms with Gasteiger partial charge in [0.15, 0.2) is 0 Å². The van der Waals surface area contributed by atoms with Crippen LogP contribution in [0.2, 0.25) is 0 Å². The quantitative estimate of drug-likeness (QED) is 0.854. The van der Waals surface area contributed by atoms with Crippen molar-refractivity contribution in [2.75, 3.05) is 19.0 Å². The van der Waals surface area contributed by atoms with Crippen LogP contribution in [-0.4, -0.2) is 35.3 Å². The molecule has 0 saturated carbocycles. The first-order valence-corrected chi connectivity index (χ1v) is 9.02. The zero-order valence-electron chi connectivity index (χ0n) is 14.3. The summed E-state index contributed by atoms with van der Waals surface area (Å²) >= 11 is 1.38. The molecule has 1 aromatic rings. The van der Waals surface area contributed by atoms with Crippen LogP contribution in [0.25, 0.3) is 0 Å². The van der Waals surface area contributed by atoms with Gasteiger partial charge in [-0.25, -0.2) is 0 Å². The first-order chi connectivity index (χ1) is 10.8. The summed E-state index contributed by atoms with van der Waals surface area (Å²) < 4.78 is 12.3. The fourth-order valence-corrected chi connectivity index (χ4v) is 3.55. The lowest BCUT2D eigenvalue weighted by Gasteiger charge is -2.44. The normalized spacial score (nSPS) is 20.9. The highest BCUT2D eigenvalue weighted by Crippen LogP contribution is 2.40. The summed E-state index contributed by atoms with van der Waals surface area (Å²) in [6, 6.07) is 8.08. The zero-order valence-corrected chi connectivity index (χ0v) is 15.1. The number of ether oxygens (including phenoxy) is 2. The van der Waals surface area contributed by atoms with Crippen LogP contribution in [0, 0.1) is 12.3 Å². The summed E-state index contributed by atoms with van der Waals surface area (Å²) in [5, 5.41) is 8.83. The Morgan fingerprint density at radius 1 is 1.26 bits per heavy atom. The molecule has 0 radical (unpaired) electrons. The molecule has 23 heavy (non-hydrogen) atoms. The Balaban J connectivity index is 2.22. The second-order valence-corrected chi connectivity index (χ2v) is 8.10. The van der Waals surface area contributed by atoms with Crippen LogP contribution in [0.1, 0.15) is 38.3 Å². The number of aliphatic carboxylic acids is 1. The number of hydrogen-bond acceptors (Lipinski definition) is 4. The van der Waals surface area contributed by atoms with E-state index in [4.69, 9.17) is 9.47 Å². The van der Waals surface area contributed by atoms with E-state index < -0.39 is 17.0 Å². The molecule has 0 aromatic heterocycles. The van der Waals surface area contributed by atoms with Crippen molar-refractivity contribution in [2.45, 2.75) is 45.2 Å². The molecular formula is C18H26O4S. The van der Waals surface area contributed by atoms with E-state index in [9.17, 15) is 9.90 Å². The molecule has 1 aliphatic heterocycles. The van der Waals surface area contributed by atoms with E-state index in [-0.39, 0.29) is 5.41 Å². The molecular weight excluding hydrogens is 312 g/mol. The van der Waals surface area contributed by atoms with Crippen molar-refractivity contribution in [3.05, 3.63) is 35.4 Å². The van der Waals surface area contributed by atoms with Gasteiger partial charge in [-0.15, -0.1) is 11.8 Å². The van der Waals surface area contributed by atoms with Crippen LogP contribution in [-0.2, 0) is 20.1 Å². The molecule has 1 aliphatic rings. The van der Waals surface area contributed by atoms with Gasteiger partial charge in [-0.2, -0.15) is 0 Å². The molecule has 0 amide bonds. The third-order valence-corrected chi connectivity index (χ3v) is 5.49. The van der Waals surface area contributed by atoms with E-state index >= 15 is 0 Å². The smallest absolute Gasteiger partial charge is 0.316 e. The van der Waals surface area contributed by atoms with Gasteiger partial charge < -0.3 is 14.6 Å². The monoisotopic (exact) mass is 338 g/mol. The third-order valence-electron chi connectivity index (χ3n) is 4.00. The Labute approximate surface area is 142 Å². The lowest BCUT2D eigenvalue weighted by molar-refractivity contribution is -0.295. The topological polar surface area (TPSA) is 55.8 Å². The van der Waals surface area contributed by atoms with Crippen LogP contribution < -0.4 is 0 Å². The van der Waals surface area contributed by atoms with Gasteiger partial charge in [0, 0.05) is 11.0 Å². The molecule has 1 N–H and O–H groups in total. The van der Waals surface area contributed by atoms with Gasteiger partial charge in [0.05, 0.1) is 19.0 Å². The van der Waals surface area contributed by atoms with Gasteiger partial charge in [-0.1, -0.05) is 50.6 Å². The molecule has 1 atom stereocenters. The molecule has 0 bridgehead atoms. The molecule has 5 heteroatoms. The standard InChI is InChI=1S/C18H26O4S/c1-5-15(16(19)20)23-12-18(14-8-6-13(2)7-9-14)21-10-17(3,4)11-22-18/h6-9,15H,5,10-12H2,1-4H3,(H,19,20). The number of hydrogen-bond donors (Lipinski definition) is 1. The first-order valence-electron chi connectivity index (χ1n) is 7.97. The number of rotatable bonds is 6. The zero-order chi connectivity index (χ0) is 17.1. The van der Waals surface area contributed by atoms with Gasteiger partial charge in [-0.3, -0.25) is 4.79 Å². The lowest BCUT2D eigenvalue weighted by atomic mass is 9.93. The highest BCUT2D eigenvalue weighted by atomic mass is 32.2. The first kappa shape index (κ1) is 18.3. The second kappa shape index (κ2) is 7.24. The van der Waals surface area contributed by atoms with Crippen LogP contribution in [0.5, 0.6) is 0 Å². The molecule has 0 aliphatic carbocycles. The molecule has 4 nitrogen and oxygen atoms in total. The lowest BCUT2D eigenvalue weighted by Crippen LogP contribution is -2.47. The summed E-state index contributed by atoms with van der Waals surface area (Å²) in [5.41, 5.74) is 2.09. The predicted molar refractivity (Wildman–Crippen MR) is 92.7 cm³/mol. The van der Waals surface area contributed by atoms with Crippen LogP contribution in [0.3, 0.4) is 0 Å². The van der Waals surface area contributed by atoms with Crippen molar-refractivity contribution in [1.29, 1.82) is 0 Å². The summed E-state index contributed by atoms with van der Waals surface area (Å²) in [6.07, 6.45) is 0.579. The van der Waals surface area contributed by atoms with E-state index in [1.807, 2.05) is 38.1 Å². The molecule has 1 saturated heterocycles. The highest BCUT2D eigenvalue weighted by molar-refractivity contribution is 8.00. The van der Waals surface area contributed by atoms with E-state index in [1.54, 1.807) is 0 Å². The molecule has 1 fully saturated rings. The van der Waals surface area contributed by atoms with Crippen LogP contribution >= 0.6 is 11.8 Å². The molecule has 2 rings (SSSR count). The molecule has 1 unspecified atom stereocenters. The molecule has 1 heterocycles. The summed E-state index contributed by atoms with van der Waals surface area (Å²) in [6.45, 7) is 9.30. The SMILES string of the molecule is CCC(SCC1(c2ccc(C)cc2)OCC(C)(C)CO1)C(=O)O. The maximum Gasteiger partial charge on any atom is 0.316 e. The van der Waals surface area contributed by atoms with Gasteiger partial charge in [0.2, 0.25) is 5.79 Å². The number of aryl methyl sites for hydroxylation is 1. The van der Waals surface area contributed by atoms with Crippen LogP contribution in [0.4, 0.5) is 0 Å². The number of benzene rings is 1. The largest absolute Gasteiger partial charge is 0.480 e. The van der Waals surface area contributed by atoms with Crippen LogP contribution in [0.15, 0.2) is 24.3 Å². The van der Waals surface area contributed by atoms with Crippen molar-refractivity contribution < 1.29 is 19.4 Å². The average molecular weight is 338 g/mol. The predicted octanol–water partition coefficient (Wildman–Crippen LogP) is 3.82. The minimum atomic E-state index is -0.864. The maximum absolute atomic E-state index is 11.3. The average Bonchev–Trinajstić information content (AvgIpc) is 2.50. The van der Waals surface area contributed by atoms with E-state index in [0.29, 0.717) is 25.4 Å². The number of carboxylic acids is 1.